The van der Waals surface area contributed by atoms with Crippen LogP contribution < -0.4 is 0 Å². The Hall–Kier alpha value is 0. The molecule has 0 aromatic rings. The molecular formula is C14H28. The minimum Gasteiger partial charge on any atom is -0.0625 e. The first-order valence-corrected chi connectivity index (χ1v) is 6.43. The number of rotatable bonds is 3. The minimum absolute atomic E-state index is 0.633. The molecule has 0 heterocycles. The summed E-state index contributed by atoms with van der Waals surface area (Å²) in [5.74, 6) is 3.51. The highest BCUT2D eigenvalue weighted by Gasteiger charge is 2.47. The average Bonchev–Trinajstić information content (AvgIpc) is 2.47. The van der Waals surface area contributed by atoms with Crippen LogP contribution in [0.3, 0.4) is 0 Å². The van der Waals surface area contributed by atoms with Gasteiger partial charge in [0.2, 0.25) is 0 Å². The first-order valence-electron chi connectivity index (χ1n) is 6.43. The van der Waals surface area contributed by atoms with E-state index in [4.69, 9.17) is 0 Å². The lowest BCUT2D eigenvalue weighted by Gasteiger charge is -2.45. The summed E-state index contributed by atoms with van der Waals surface area (Å²) in [7, 11) is 0. The van der Waals surface area contributed by atoms with E-state index >= 15 is 0 Å². The van der Waals surface area contributed by atoms with Crippen molar-refractivity contribution in [3.63, 3.8) is 0 Å². The van der Waals surface area contributed by atoms with Crippen LogP contribution >= 0.6 is 0 Å². The van der Waals surface area contributed by atoms with Crippen molar-refractivity contribution in [1.82, 2.24) is 0 Å². The molecule has 1 aliphatic carbocycles. The fourth-order valence-corrected chi connectivity index (χ4v) is 4.14. The van der Waals surface area contributed by atoms with Gasteiger partial charge < -0.3 is 0 Å². The van der Waals surface area contributed by atoms with Crippen LogP contribution in [0.15, 0.2) is 0 Å². The molecule has 1 fully saturated rings. The summed E-state index contributed by atoms with van der Waals surface area (Å²) in [4.78, 5) is 0. The standard InChI is InChI=1S/C14H28/c1-10(2)13-8-7-9-14(13,11(3)4)12(5)6/h10-13H,7-9H2,1-6H3. The summed E-state index contributed by atoms with van der Waals surface area (Å²) in [5.41, 5.74) is 0.633. The molecule has 1 unspecified atom stereocenters. The average molecular weight is 196 g/mol. The van der Waals surface area contributed by atoms with Gasteiger partial charge in [-0.2, -0.15) is 0 Å². The Morgan fingerprint density at radius 1 is 0.929 bits per heavy atom. The third-order valence-electron chi connectivity index (χ3n) is 4.77. The van der Waals surface area contributed by atoms with E-state index in [1.807, 2.05) is 0 Å². The van der Waals surface area contributed by atoms with Crippen molar-refractivity contribution < 1.29 is 0 Å². The molecule has 0 aliphatic heterocycles. The zero-order valence-corrected chi connectivity index (χ0v) is 10.9. The monoisotopic (exact) mass is 196 g/mol. The SMILES string of the molecule is CC(C)C1CCCC1(C(C)C)C(C)C. The molecule has 1 aliphatic rings. The molecule has 14 heavy (non-hydrogen) atoms. The van der Waals surface area contributed by atoms with Crippen LogP contribution in [0.5, 0.6) is 0 Å². The second-order valence-electron chi connectivity index (χ2n) is 6.16. The van der Waals surface area contributed by atoms with Gasteiger partial charge in [0.15, 0.2) is 0 Å². The Bertz CT molecular complexity index is 168. The zero-order chi connectivity index (χ0) is 10.9. The predicted molar refractivity (Wildman–Crippen MR) is 64.3 cm³/mol. The zero-order valence-electron chi connectivity index (χ0n) is 10.9. The van der Waals surface area contributed by atoms with Gasteiger partial charge in [-0.05, 0) is 41.9 Å². The molecule has 0 amide bonds. The van der Waals surface area contributed by atoms with E-state index in [-0.39, 0.29) is 0 Å². The summed E-state index contributed by atoms with van der Waals surface area (Å²) < 4.78 is 0. The lowest BCUT2D eigenvalue weighted by atomic mass is 9.60. The quantitative estimate of drug-likeness (QED) is 0.611. The third-order valence-corrected chi connectivity index (χ3v) is 4.77. The molecule has 0 aromatic heterocycles. The molecule has 0 bridgehead atoms. The third kappa shape index (κ3) is 1.73. The molecule has 0 spiro atoms. The molecule has 1 saturated carbocycles. The van der Waals surface area contributed by atoms with Crippen molar-refractivity contribution in [1.29, 1.82) is 0 Å². The van der Waals surface area contributed by atoms with Gasteiger partial charge in [0.05, 0.1) is 0 Å². The fourth-order valence-electron chi connectivity index (χ4n) is 4.14. The van der Waals surface area contributed by atoms with Crippen molar-refractivity contribution in [3.8, 4) is 0 Å². The van der Waals surface area contributed by atoms with Crippen LogP contribution in [0.2, 0.25) is 0 Å². The maximum atomic E-state index is 2.43. The molecule has 0 radical (unpaired) electrons. The topological polar surface area (TPSA) is 0 Å². The highest BCUT2D eigenvalue weighted by atomic mass is 14.5. The smallest absolute Gasteiger partial charge is 0.0221 e. The van der Waals surface area contributed by atoms with Gasteiger partial charge in [0.1, 0.15) is 0 Å². The van der Waals surface area contributed by atoms with Crippen LogP contribution in [0.25, 0.3) is 0 Å². The van der Waals surface area contributed by atoms with E-state index in [1.165, 1.54) is 19.3 Å². The Labute approximate surface area is 90.5 Å². The Morgan fingerprint density at radius 3 is 1.71 bits per heavy atom. The largest absolute Gasteiger partial charge is 0.0625 e. The van der Waals surface area contributed by atoms with Crippen molar-refractivity contribution in [2.75, 3.05) is 0 Å². The van der Waals surface area contributed by atoms with E-state index < -0.39 is 0 Å². The molecule has 0 aromatic carbocycles. The lowest BCUT2D eigenvalue weighted by Crippen LogP contribution is -2.39. The van der Waals surface area contributed by atoms with Crippen LogP contribution in [0, 0.1) is 29.1 Å². The second-order valence-corrected chi connectivity index (χ2v) is 6.16. The van der Waals surface area contributed by atoms with Crippen LogP contribution in [0.4, 0.5) is 0 Å². The molecular weight excluding hydrogens is 168 g/mol. The summed E-state index contributed by atoms with van der Waals surface area (Å²) in [6.45, 7) is 14.5. The predicted octanol–water partition coefficient (Wildman–Crippen LogP) is 4.74. The first-order chi connectivity index (χ1) is 6.43. The van der Waals surface area contributed by atoms with Crippen LogP contribution in [-0.4, -0.2) is 0 Å². The molecule has 1 rings (SSSR count). The van der Waals surface area contributed by atoms with Crippen LogP contribution in [0.1, 0.15) is 60.8 Å². The lowest BCUT2D eigenvalue weighted by molar-refractivity contribution is 0.0338. The van der Waals surface area contributed by atoms with Crippen LogP contribution in [-0.2, 0) is 0 Å². The van der Waals surface area contributed by atoms with Gasteiger partial charge in [0.25, 0.3) is 0 Å². The van der Waals surface area contributed by atoms with Crippen molar-refractivity contribution in [2.45, 2.75) is 60.8 Å². The highest BCUT2D eigenvalue weighted by molar-refractivity contribution is 4.97. The normalized spacial score (nSPS) is 26.8. The van der Waals surface area contributed by atoms with E-state index in [0.717, 1.165) is 23.7 Å². The molecule has 0 heteroatoms. The highest BCUT2D eigenvalue weighted by Crippen LogP contribution is 2.56. The second kappa shape index (κ2) is 4.24. The van der Waals surface area contributed by atoms with Gasteiger partial charge in [-0.3, -0.25) is 0 Å². The molecule has 84 valence electrons. The summed E-state index contributed by atoms with van der Waals surface area (Å²) in [6.07, 6.45) is 4.39. The Morgan fingerprint density at radius 2 is 1.43 bits per heavy atom. The molecule has 1 atom stereocenters. The fraction of sp³-hybridized carbons (Fsp3) is 1.00. The van der Waals surface area contributed by atoms with E-state index in [9.17, 15) is 0 Å². The summed E-state index contributed by atoms with van der Waals surface area (Å²) in [6, 6.07) is 0. The summed E-state index contributed by atoms with van der Waals surface area (Å²) in [5, 5.41) is 0. The maximum absolute atomic E-state index is 2.43. The molecule has 0 N–H and O–H groups in total. The minimum atomic E-state index is 0.633. The van der Waals surface area contributed by atoms with Crippen molar-refractivity contribution >= 4 is 0 Å². The maximum Gasteiger partial charge on any atom is -0.0221 e. The summed E-state index contributed by atoms with van der Waals surface area (Å²) >= 11 is 0. The van der Waals surface area contributed by atoms with Gasteiger partial charge in [0, 0.05) is 0 Å². The van der Waals surface area contributed by atoms with Crippen molar-refractivity contribution in [2.24, 2.45) is 29.1 Å². The van der Waals surface area contributed by atoms with Gasteiger partial charge in [-0.15, -0.1) is 0 Å². The molecule has 0 nitrogen and oxygen atoms in total. The van der Waals surface area contributed by atoms with E-state index in [1.54, 1.807) is 0 Å². The van der Waals surface area contributed by atoms with E-state index in [2.05, 4.69) is 41.5 Å². The number of hydrogen-bond donors (Lipinski definition) is 0. The van der Waals surface area contributed by atoms with Gasteiger partial charge in [-0.1, -0.05) is 48.0 Å². The first kappa shape index (κ1) is 12.1. The Balaban J connectivity index is 2.95. The van der Waals surface area contributed by atoms with Gasteiger partial charge >= 0.3 is 0 Å². The van der Waals surface area contributed by atoms with E-state index in [0.29, 0.717) is 5.41 Å². The van der Waals surface area contributed by atoms with Gasteiger partial charge in [-0.25, -0.2) is 0 Å². The number of hydrogen-bond acceptors (Lipinski definition) is 0. The molecule has 0 saturated heterocycles. The van der Waals surface area contributed by atoms with Crippen molar-refractivity contribution in [3.05, 3.63) is 0 Å². The Kier molecular flexibility index (Phi) is 3.66.